The highest BCUT2D eigenvalue weighted by Crippen LogP contribution is 2.40. The van der Waals surface area contributed by atoms with Gasteiger partial charge in [-0.25, -0.2) is 0 Å². The normalized spacial score (nSPS) is 18.8. The summed E-state index contributed by atoms with van der Waals surface area (Å²) in [5, 5.41) is 2.51. The lowest BCUT2D eigenvalue weighted by Gasteiger charge is -2.21. The number of carbonyl (C=O) groups excluding carboxylic acids is 1. The first-order valence-corrected chi connectivity index (χ1v) is 7.00. The average molecular weight is 302 g/mol. The van der Waals surface area contributed by atoms with Gasteiger partial charge in [0.25, 0.3) is 0 Å². The fraction of sp³-hybridized carbons (Fsp3) is 0.462. The van der Waals surface area contributed by atoms with Crippen LogP contribution in [0.5, 0.6) is 11.5 Å². The van der Waals surface area contributed by atoms with Crippen molar-refractivity contribution < 1.29 is 14.3 Å². The Morgan fingerprint density at radius 1 is 1.32 bits per heavy atom. The molecule has 0 bridgehead atoms. The lowest BCUT2D eigenvalue weighted by molar-refractivity contribution is -0.121. The quantitative estimate of drug-likeness (QED) is 0.873. The van der Waals surface area contributed by atoms with Crippen LogP contribution < -0.4 is 14.8 Å². The smallest absolute Gasteiger partial charge is 0.242 e. The summed E-state index contributed by atoms with van der Waals surface area (Å²) in [4.78, 5) is 11.9. The van der Waals surface area contributed by atoms with Crippen molar-refractivity contribution in [2.24, 2.45) is 0 Å². The first-order chi connectivity index (χ1) is 9.15. The molecule has 1 heterocycles. The predicted octanol–water partition coefficient (Wildman–Crippen LogP) is 2.67. The minimum Gasteiger partial charge on any atom is -0.486 e. The second-order valence-corrected chi connectivity index (χ2v) is 5.52. The number of fused-ring (bicyclic) bond motifs is 1. The van der Waals surface area contributed by atoms with Gasteiger partial charge in [0, 0.05) is 6.04 Å². The highest BCUT2D eigenvalue weighted by atomic mass is 35.5. The second-order valence-electron chi connectivity index (χ2n) is 4.67. The maximum atomic E-state index is 11.9. The number of rotatable bonds is 3. The van der Waals surface area contributed by atoms with E-state index in [1.54, 1.807) is 12.1 Å². The van der Waals surface area contributed by atoms with Crippen molar-refractivity contribution in [3.63, 3.8) is 0 Å². The molecule has 1 N–H and O–H groups in total. The van der Waals surface area contributed by atoms with Crippen molar-refractivity contribution in [2.75, 3.05) is 13.2 Å². The van der Waals surface area contributed by atoms with Crippen LogP contribution in [0.4, 0.5) is 0 Å². The maximum Gasteiger partial charge on any atom is 0.242 e. The van der Waals surface area contributed by atoms with Crippen LogP contribution >= 0.6 is 23.2 Å². The van der Waals surface area contributed by atoms with Crippen molar-refractivity contribution in [3.8, 4) is 11.5 Å². The van der Waals surface area contributed by atoms with Gasteiger partial charge in [0.05, 0.1) is 5.02 Å². The Morgan fingerprint density at radius 3 is 2.79 bits per heavy atom. The number of amides is 1. The van der Waals surface area contributed by atoms with E-state index in [0.717, 1.165) is 12.8 Å². The first-order valence-electron chi connectivity index (χ1n) is 6.18. The van der Waals surface area contributed by atoms with Gasteiger partial charge in [-0.3, -0.25) is 4.79 Å². The molecule has 1 amide bonds. The lowest BCUT2D eigenvalue weighted by Crippen LogP contribution is -2.28. The molecule has 102 valence electrons. The Labute approximate surface area is 121 Å². The molecule has 1 saturated carbocycles. The lowest BCUT2D eigenvalue weighted by atomic mass is 10.1. The van der Waals surface area contributed by atoms with Crippen LogP contribution in [0, 0.1) is 0 Å². The van der Waals surface area contributed by atoms with Crippen molar-refractivity contribution in [3.05, 3.63) is 22.7 Å². The Balaban J connectivity index is 1.83. The van der Waals surface area contributed by atoms with Crippen LogP contribution in [0.15, 0.2) is 12.1 Å². The van der Waals surface area contributed by atoms with E-state index in [0.29, 0.717) is 35.3 Å². The zero-order chi connectivity index (χ0) is 13.4. The fourth-order valence-corrected chi connectivity index (χ4v) is 2.39. The number of hydrogen-bond acceptors (Lipinski definition) is 3. The van der Waals surface area contributed by atoms with Crippen molar-refractivity contribution >= 4 is 29.1 Å². The molecule has 19 heavy (non-hydrogen) atoms. The summed E-state index contributed by atoms with van der Waals surface area (Å²) in [5.41, 5.74) is 0.620. The maximum absolute atomic E-state index is 11.9. The van der Waals surface area contributed by atoms with Crippen LogP contribution in [-0.4, -0.2) is 25.2 Å². The molecule has 0 saturated heterocycles. The molecule has 1 aromatic rings. The van der Waals surface area contributed by atoms with E-state index in [1.165, 1.54) is 0 Å². The number of hydrogen-bond donors (Lipinski definition) is 1. The summed E-state index contributed by atoms with van der Waals surface area (Å²) in [5.74, 6) is 0.860. The molecular formula is C13H13Cl2NO3. The van der Waals surface area contributed by atoms with Crippen LogP contribution in [0.25, 0.3) is 0 Å². The predicted molar refractivity (Wildman–Crippen MR) is 72.2 cm³/mol. The number of nitrogens with one attached hydrogen (secondary N) is 1. The topological polar surface area (TPSA) is 47.6 Å². The van der Waals surface area contributed by atoms with Crippen LogP contribution in [0.1, 0.15) is 23.8 Å². The minimum absolute atomic E-state index is 0.197. The van der Waals surface area contributed by atoms with Gasteiger partial charge in [-0.05, 0) is 30.5 Å². The number of benzene rings is 1. The molecule has 6 heteroatoms. The highest BCUT2D eigenvalue weighted by molar-refractivity contribution is 6.33. The largest absolute Gasteiger partial charge is 0.486 e. The van der Waals surface area contributed by atoms with Gasteiger partial charge >= 0.3 is 0 Å². The highest BCUT2D eigenvalue weighted by Gasteiger charge is 2.28. The molecule has 0 radical (unpaired) electrons. The molecule has 4 nitrogen and oxygen atoms in total. The Kier molecular flexibility index (Phi) is 3.46. The number of halogens is 2. The fourth-order valence-electron chi connectivity index (χ4n) is 1.93. The molecule has 1 atom stereocenters. The van der Waals surface area contributed by atoms with Gasteiger partial charge in [0.1, 0.15) is 18.6 Å². The summed E-state index contributed by atoms with van der Waals surface area (Å²) in [6.07, 6.45) is 2.05. The molecule has 1 fully saturated rings. The molecule has 1 aliphatic carbocycles. The zero-order valence-corrected chi connectivity index (χ0v) is 11.6. The summed E-state index contributed by atoms with van der Waals surface area (Å²) in [6.45, 7) is 0.937. The number of carbonyl (C=O) groups is 1. The SMILES string of the molecule is O=C(NC1CC1)C(Cl)c1cc(Cl)c2c(c1)OCCO2. The third kappa shape index (κ3) is 2.74. The molecule has 1 aromatic carbocycles. The standard InChI is InChI=1S/C13H13Cl2NO3/c14-9-5-7(6-10-12(9)19-4-3-18-10)11(15)13(17)16-8-1-2-8/h5-6,8,11H,1-4H2,(H,16,17). The molecule has 1 unspecified atom stereocenters. The van der Waals surface area contributed by atoms with Gasteiger partial charge in [0.2, 0.25) is 5.91 Å². The second kappa shape index (κ2) is 5.10. The van der Waals surface area contributed by atoms with Crippen molar-refractivity contribution in [2.45, 2.75) is 24.3 Å². The molecule has 3 rings (SSSR count). The number of ether oxygens (including phenoxy) is 2. The third-order valence-corrected chi connectivity index (χ3v) is 3.80. The van der Waals surface area contributed by atoms with E-state index in [2.05, 4.69) is 5.32 Å². The van der Waals surface area contributed by atoms with E-state index in [-0.39, 0.29) is 11.9 Å². The van der Waals surface area contributed by atoms with Crippen molar-refractivity contribution in [1.29, 1.82) is 0 Å². The van der Waals surface area contributed by atoms with E-state index in [1.807, 2.05) is 0 Å². The Hall–Kier alpha value is -1.13. The Morgan fingerprint density at radius 2 is 2.05 bits per heavy atom. The molecule has 0 spiro atoms. The monoisotopic (exact) mass is 301 g/mol. The van der Waals surface area contributed by atoms with Crippen molar-refractivity contribution in [1.82, 2.24) is 5.32 Å². The summed E-state index contributed by atoms with van der Waals surface area (Å²) in [6, 6.07) is 3.64. The van der Waals surface area contributed by atoms with Crippen LogP contribution in [0.2, 0.25) is 5.02 Å². The van der Waals surface area contributed by atoms with Gasteiger partial charge in [-0.15, -0.1) is 11.6 Å². The molecular weight excluding hydrogens is 289 g/mol. The van der Waals surface area contributed by atoms with E-state index < -0.39 is 5.38 Å². The van der Waals surface area contributed by atoms with Gasteiger partial charge in [-0.2, -0.15) is 0 Å². The molecule has 2 aliphatic rings. The summed E-state index contributed by atoms with van der Waals surface area (Å²) >= 11 is 12.3. The van der Waals surface area contributed by atoms with E-state index in [9.17, 15) is 4.79 Å². The molecule has 1 aliphatic heterocycles. The summed E-state index contributed by atoms with van der Waals surface area (Å²) < 4.78 is 10.9. The third-order valence-electron chi connectivity index (χ3n) is 3.07. The van der Waals surface area contributed by atoms with Crippen LogP contribution in [-0.2, 0) is 4.79 Å². The number of alkyl halides is 1. The van der Waals surface area contributed by atoms with Gasteiger partial charge in [-0.1, -0.05) is 11.6 Å². The molecule has 0 aromatic heterocycles. The average Bonchev–Trinajstić information content (AvgIpc) is 3.21. The Bertz CT molecular complexity index is 517. The minimum atomic E-state index is -0.770. The summed E-state index contributed by atoms with van der Waals surface area (Å²) in [7, 11) is 0. The zero-order valence-electron chi connectivity index (χ0n) is 10.1. The van der Waals surface area contributed by atoms with E-state index >= 15 is 0 Å². The van der Waals surface area contributed by atoms with Gasteiger partial charge in [0.15, 0.2) is 11.5 Å². The first kappa shape index (κ1) is 12.9. The van der Waals surface area contributed by atoms with Crippen LogP contribution in [0.3, 0.4) is 0 Å². The van der Waals surface area contributed by atoms with E-state index in [4.69, 9.17) is 32.7 Å². The van der Waals surface area contributed by atoms with Gasteiger partial charge < -0.3 is 14.8 Å².